The fourth-order valence-electron chi connectivity index (χ4n) is 4.29. The first-order chi connectivity index (χ1) is 17.8. The molecule has 4 rings (SSSR count). The van der Waals surface area contributed by atoms with Crippen molar-refractivity contribution in [2.75, 3.05) is 26.2 Å². The van der Waals surface area contributed by atoms with Crippen molar-refractivity contribution < 1.29 is 38.4 Å². The van der Waals surface area contributed by atoms with Crippen LogP contribution in [0.3, 0.4) is 0 Å². The average Bonchev–Trinajstić information content (AvgIpc) is 3.17. The molecule has 1 aliphatic heterocycles. The maximum atomic E-state index is 13.5. The predicted octanol–water partition coefficient (Wildman–Crippen LogP) is 4.26. The number of carbonyl (C=O) groups is 3. The van der Waals surface area contributed by atoms with Crippen molar-refractivity contribution >= 4 is 29.1 Å². The zero-order valence-electron chi connectivity index (χ0n) is 20.7. The van der Waals surface area contributed by atoms with E-state index in [1.807, 2.05) is 0 Å². The number of Topliss-reactive ketones (excluding diaryl/α,β-unsaturated/α-hetero) is 1. The number of benzene rings is 3. The SMILES string of the molecule is COc1ccc(N2C(=O)C(=O)/C(=C(/O)c3c(OC)cccc3OC)C2c2cccc(OC(C)=O)c2)cc1. The Bertz CT molecular complexity index is 1370. The van der Waals surface area contributed by atoms with Crippen LogP contribution in [0.4, 0.5) is 5.69 Å². The largest absolute Gasteiger partial charge is 0.506 e. The second-order valence-corrected chi connectivity index (χ2v) is 8.07. The van der Waals surface area contributed by atoms with E-state index in [0.29, 0.717) is 17.0 Å². The maximum Gasteiger partial charge on any atom is 0.308 e. The van der Waals surface area contributed by atoms with Crippen LogP contribution in [0.15, 0.2) is 72.3 Å². The normalized spacial score (nSPS) is 16.4. The molecule has 1 atom stereocenters. The summed E-state index contributed by atoms with van der Waals surface area (Å²) in [4.78, 5) is 39.7. The quantitative estimate of drug-likeness (QED) is 0.167. The van der Waals surface area contributed by atoms with E-state index >= 15 is 0 Å². The molecule has 1 aliphatic rings. The van der Waals surface area contributed by atoms with Gasteiger partial charge in [0.1, 0.15) is 34.3 Å². The molecule has 9 nitrogen and oxygen atoms in total. The Morgan fingerprint density at radius 2 is 1.46 bits per heavy atom. The van der Waals surface area contributed by atoms with Gasteiger partial charge < -0.3 is 24.1 Å². The van der Waals surface area contributed by atoms with E-state index in [-0.39, 0.29) is 28.4 Å². The molecule has 1 unspecified atom stereocenters. The van der Waals surface area contributed by atoms with Crippen LogP contribution < -0.4 is 23.8 Å². The first kappa shape index (κ1) is 25.3. The van der Waals surface area contributed by atoms with Gasteiger partial charge in [0.05, 0.1) is 32.9 Å². The molecule has 1 heterocycles. The number of hydrogen-bond acceptors (Lipinski definition) is 8. The second-order valence-electron chi connectivity index (χ2n) is 8.07. The first-order valence-corrected chi connectivity index (χ1v) is 11.3. The molecule has 3 aromatic carbocycles. The molecule has 1 fully saturated rings. The summed E-state index contributed by atoms with van der Waals surface area (Å²) in [5.41, 5.74) is 0.783. The summed E-state index contributed by atoms with van der Waals surface area (Å²) >= 11 is 0. The molecular weight excluding hydrogens is 478 g/mol. The van der Waals surface area contributed by atoms with Crippen molar-refractivity contribution in [1.82, 2.24) is 0 Å². The number of ketones is 1. The summed E-state index contributed by atoms with van der Waals surface area (Å²) in [5, 5.41) is 11.5. The molecule has 0 saturated carbocycles. The summed E-state index contributed by atoms with van der Waals surface area (Å²) in [7, 11) is 4.35. The minimum absolute atomic E-state index is 0.126. The van der Waals surface area contributed by atoms with Crippen molar-refractivity contribution in [3.63, 3.8) is 0 Å². The van der Waals surface area contributed by atoms with Crippen LogP contribution in [0.5, 0.6) is 23.0 Å². The summed E-state index contributed by atoms with van der Waals surface area (Å²) in [6, 6.07) is 16.8. The smallest absolute Gasteiger partial charge is 0.308 e. The lowest BCUT2D eigenvalue weighted by atomic mass is 9.94. The van der Waals surface area contributed by atoms with Gasteiger partial charge in [-0.25, -0.2) is 0 Å². The molecule has 0 spiro atoms. The fourth-order valence-corrected chi connectivity index (χ4v) is 4.29. The zero-order valence-corrected chi connectivity index (χ0v) is 20.7. The van der Waals surface area contributed by atoms with E-state index in [1.165, 1.54) is 33.2 Å². The van der Waals surface area contributed by atoms with Gasteiger partial charge in [-0.1, -0.05) is 18.2 Å². The van der Waals surface area contributed by atoms with Gasteiger partial charge in [0.2, 0.25) is 0 Å². The molecule has 0 bridgehead atoms. The third-order valence-electron chi connectivity index (χ3n) is 5.90. The first-order valence-electron chi connectivity index (χ1n) is 11.3. The van der Waals surface area contributed by atoms with Crippen LogP contribution in [0.25, 0.3) is 5.76 Å². The molecule has 0 aromatic heterocycles. The minimum Gasteiger partial charge on any atom is -0.506 e. The van der Waals surface area contributed by atoms with Gasteiger partial charge in [-0.05, 0) is 54.1 Å². The van der Waals surface area contributed by atoms with Gasteiger partial charge in [-0.3, -0.25) is 19.3 Å². The monoisotopic (exact) mass is 503 g/mol. The van der Waals surface area contributed by atoms with Gasteiger partial charge in [-0.15, -0.1) is 0 Å². The number of amides is 1. The number of carbonyl (C=O) groups excluding carboxylic acids is 3. The molecule has 1 amide bonds. The Morgan fingerprint density at radius 1 is 0.838 bits per heavy atom. The maximum absolute atomic E-state index is 13.5. The Hall–Kier alpha value is -4.79. The molecular formula is C28H25NO8. The molecule has 1 N–H and O–H groups in total. The van der Waals surface area contributed by atoms with E-state index in [2.05, 4.69) is 0 Å². The van der Waals surface area contributed by atoms with Crippen molar-refractivity contribution in [2.24, 2.45) is 0 Å². The average molecular weight is 504 g/mol. The number of hydrogen-bond donors (Lipinski definition) is 1. The Morgan fingerprint density at radius 3 is 2.03 bits per heavy atom. The predicted molar refractivity (Wildman–Crippen MR) is 135 cm³/mol. The van der Waals surface area contributed by atoms with E-state index in [9.17, 15) is 19.5 Å². The number of rotatable bonds is 7. The van der Waals surface area contributed by atoms with Crippen molar-refractivity contribution in [3.05, 3.63) is 83.4 Å². The summed E-state index contributed by atoms with van der Waals surface area (Å²) < 4.78 is 21.3. The lowest BCUT2D eigenvalue weighted by Crippen LogP contribution is -2.29. The molecule has 0 radical (unpaired) electrons. The van der Waals surface area contributed by atoms with Crippen LogP contribution in [0.1, 0.15) is 24.1 Å². The zero-order chi connectivity index (χ0) is 26.7. The highest BCUT2D eigenvalue weighted by Crippen LogP contribution is 2.45. The van der Waals surface area contributed by atoms with Gasteiger partial charge in [0.25, 0.3) is 11.7 Å². The number of anilines is 1. The lowest BCUT2D eigenvalue weighted by molar-refractivity contribution is -0.132. The Kier molecular flexibility index (Phi) is 7.15. The summed E-state index contributed by atoms with van der Waals surface area (Å²) in [6.07, 6.45) is 0. The molecule has 190 valence electrons. The van der Waals surface area contributed by atoms with E-state index in [4.69, 9.17) is 18.9 Å². The Balaban J connectivity index is 1.99. The molecule has 9 heteroatoms. The van der Waals surface area contributed by atoms with Crippen LogP contribution in [-0.4, -0.2) is 44.1 Å². The van der Waals surface area contributed by atoms with Crippen LogP contribution >= 0.6 is 0 Å². The Labute approximate surface area is 213 Å². The number of esters is 1. The van der Waals surface area contributed by atoms with Gasteiger partial charge >= 0.3 is 5.97 Å². The number of nitrogens with zero attached hydrogens (tertiary/aromatic N) is 1. The second kappa shape index (κ2) is 10.4. The number of aliphatic hydroxyl groups excluding tert-OH is 1. The van der Waals surface area contributed by atoms with E-state index < -0.39 is 29.5 Å². The summed E-state index contributed by atoms with van der Waals surface area (Å²) in [5.74, 6) is -1.45. The third kappa shape index (κ3) is 4.71. The topological polar surface area (TPSA) is 112 Å². The third-order valence-corrected chi connectivity index (χ3v) is 5.90. The fraction of sp³-hybridized carbons (Fsp3) is 0.179. The number of aliphatic hydroxyl groups is 1. The highest BCUT2D eigenvalue weighted by Gasteiger charge is 2.47. The van der Waals surface area contributed by atoms with Gasteiger partial charge in [0.15, 0.2) is 0 Å². The molecule has 1 saturated heterocycles. The van der Waals surface area contributed by atoms with Gasteiger partial charge in [-0.2, -0.15) is 0 Å². The van der Waals surface area contributed by atoms with Crippen LogP contribution in [0, 0.1) is 0 Å². The number of ether oxygens (including phenoxy) is 4. The van der Waals surface area contributed by atoms with E-state index in [0.717, 1.165) is 0 Å². The molecule has 0 aliphatic carbocycles. The van der Waals surface area contributed by atoms with Crippen molar-refractivity contribution in [1.29, 1.82) is 0 Å². The standard InChI is InChI=1S/C28H25NO8/c1-16(30)37-20-8-5-7-17(15-20)25-24(26(31)23-21(35-3)9-6-10-22(23)36-4)27(32)28(33)29(25)18-11-13-19(34-2)14-12-18/h5-15,25,31H,1-4H3/b26-24+. The molecule has 3 aromatic rings. The summed E-state index contributed by atoms with van der Waals surface area (Å²) in [6.45, 7) is 1.27. The lowest BCUT2D eigenvalue weighted by Gasteiger charge is -2.26. The molecule has 37 heavy (non-hydrogen) atoms. The van der Waals surface area contributed by atoms with Gasteiger partial charge in [0, 0.05) is 12.6 Å². The van der Waals surface area contributed by atoms with E-state index in [1.54, 1.807) is 66.7 Å². The minimum atomic E-state index is -1.06. The van der Waals surface area contributed by atoms with Crippen molar-refractivity contribution in [3.8, 4) is 23.0 Å². The van der Waals surface area contributed by atoms with Crippen molar-refractivity contribution in [2.45, 2.75) is 13.0 Å². The van der Waals surface area contributed by atoms with Crippen LogP contribution in [0.2, 0.25) is 0 Å². The number of methoxy groups -OCH3 is 3. The van der Waals surface area contributed by atoms with Crippen LogP contribution in [-0.2, 0) is 14.4 Å². The highest BCUT2D eigenvalue weighted by atomic mass is 16.5. The highest BCUT2D eigenvalue weighted by molar-refractivity contribution is 6.51.